The van der Waals surface area contributed by atoms with Crippen molar-refractivity contribution in [3.63, 3.8) is 0 Å². The Morgan fingerprint density at radius 2 is 1.64 bits per heavy atom. The largest absolute Gasteiger partial charge is 0.369 e. The lowest BCUT2D eigenvalue weighted by Crippen LogP contribution is -2.54. The van der Waals surface area contributed by atoms with Gasteiger partial charge in [0.25, 0.3) is 11.8 Å². The minimum Gasteiger partial charge on any atom is -0.369 e. The predicted octanol–water partition coefficient (Wildman–Crippen LogP) is 2.31. The van der Waals surface area contributed by atoms with Gasteiger partial charge in [-0.3, -0.25) is 19.2 Å². The van der Waals surface area contributed by atoms with Crippen molar-refractivity contribution in [1.82, 2.24) is 20.0 Å². The Labute approximate surface area is 249 Å². The first-order chi connectivity index (χ1) is 20.1. The summed E-state index contributed by atoms with van der Waals surface area (Å²) in [7, 11) is 3.70. The first-order valence-corrected chi connectivity index (χ1v) is 15.7. The number of carbonyl (C=O) groups excluding carboxylic acids is 4. The topological polar surface area (TPSA) is 102 Å². The van der Waals surface area contributed by atoms with Crippen LogP contribution in [0, 0.1) is 5.92 Å². The number of Topliss-reactive ketones (excluding diaryl/α,β-unsaturated/α-hetero) is 1. The summed E-state index contributed by atoms with van der Waals surface area (Å²) in [6.45, 7) is 8.30. The molecule has 3 aliphatic heterocycles. The maximum atomic E-state index is 13.9. The smallest absolute Gasteiger partial charge is 0.255 e. The minimum absolute atomic E-state index is 0.00389. The van der Waals surface area contributed by atoms with Crippen molar-refractivity contribution in [3.05, 3.63) is 29.8 Å². The number of piperazine rings is 1. The Kier molecular flexibility index (Phi) is 9.23. The van der Waals surface area contributed by atoms with E-state index >= 15 is 0 Å². The van der Waals surface area contributed by atoms with Crippen molar-refractivity contribution in [1.29, 1.82) is 0 Å². The Bertz CT molecular complexity index is 1160. The third-order valence-corrected chi connectivity index (χ3v) is 9.72. The van der Waals surface area contributed by atoms with E-state index in [1.165, 1.54) is 0 Å². The zero-order chi connectivity index (χ0) is 30.0. The lowest BCUT2D eigenvalue weighted by Gasteiger charge is -2.38. The van der Waals surface area contributed by atoms with E-state index in [0.717, 1.165) is 51.1 Å². The molecule has 1 N–H and O–H groups in total. The number of nitrogens with zero attached hydrogens (tertiary/aromatic N) is 4. The predicted molar refractivity (Wildman–Crippen MR) is 160 cm³/mol. The van der Waals surface area contributed by atoms with E-state index in [1.54, 1.807) is 16.9 Å². The Hall–Kier alpha value is -2.98. The van der Waals surface area contributed by atoms with Gasteiger partial charge in [-0.15, -0.1) is 0 Å². The van der Waals surface area contributed by atoms with Gasteiger partial charge < -0.3 is 29.7 Å². The molecule has 10 heteroatoms. The number of amides is 3. The van der Waals surface area contributed by atoms with Gasteiger partial charge in [-0.2, -0.15) is 0 Å². The second kappa shape index (κ2) is 12.7. The van der Waals surface area contributed by atoms with Gasteiger partial charge in [-0.05, 0) is 62.9 Å². The molecule has 42 heavy (non-hydrogen) atoms. The second-order valence-corrected chi connectivity index (χ2v) is 13.0. The summed E-state index contributed by atoms with van der Waals surface area (Å²) < 4.78 is 5.79. The van der Waals surface area contributed by atoms with Gasteiger partial charge >= 0.3 is 0 Å². The molecule has 1 aromatic rings. The van der Waals surface area contributed by atoms with Crippen molar-refractivity contribution in [2.24, 2.45) is 5.92 Å². The van der Waals surface area contributed by atoms with Gasteiger partial charge in [0.05, 0.1) is 12.6 Å². The summed E-state index contributed by atoms with van der Waals surface area (Å²) in [6.07, 6.45) is 5.25. The van der Waals surface area contributed by atoms with Crippen molar-refractivity contribution >= 4 is 29.2 Å². The number of anilines is 1. The number of methoxy groups -OCH3 is 1. The van der Waals surface area contributed by atoms with E-state index in [-0.39, 0.29) is 42.0 Å². The summed E-state index contributed by atoms with van der Waals surface area (Å²) in [5, 5.41) is 2.98. The molecule has 230 valence electrons. The number of hydrogen-bond acceptors (Lipinski definition) is 7. The SMILES string of the molecule is COC1(C(=O)N2CC(=O)C3C2CCN3C(=O)C(CC(C)C)NC(=O)c2ccc(N3CCN(C)CC3)cc2)CCCCC1. The van der Waals surface area contributed by atoms with Crippen LogP contribution in [-0.4, -0.2) is 115 Å². The summed E-state index contributed by atoms with van der Waals surface area (Å²) in [5.41, 5.74) is 0.707. The van der Waals surface area contributed by atoms with Crippen LogP contribution in [0.15, 0.2) is 24.3 Å². The summed E-state index contributed by atoms with van der Waals surface area (Å²) in [6, 6.07) is 5.78. The van der Waals surface area contributed by atoms with Gasteiger partial charge in [0.2, 0.25) is 5.91 Å². The average molecular weight is 582 g/mol. The van der Waals surface area contributed by atoms with Crippen LogP contribution in [0.5, 0.6) is 0 Å². The van der Waals surface area contributed by atoms with Gasteiger partial charge in [-0.1, -0.05) is 33.1 Å². The first-order valence-electron chi connectivity index (χ1n) is 15.7. The van der Waals surface area contributed by atoms with Crippen LogP contribution in [-0.2, 0) is 19.1 Å². The Morgan fingerprint density at radius 3 is 2.26 bits per heavy atom. The van der Waals surface area contributed by atoms with Crippen LogP contribution in [0.3, 0.4) is 0 Å². The standard InChI is InChI=1S/C32H47N5O5/c1-22(2)20-25(33-29(39)23-8-10-24(11-9-23)35-18-16-34(3)17-19-35)30(40)36-15-12-26-28(36)27(38)21-37(26)31(41)32(42-4)13-6-5-7-14-32/h8-11,22,25-26,28H,5-7,12-21H2,1-4H3,(H,33,39). The highest BCUT2D eigenvalue weighted by molar-refractivity contribution is 6.01. The number of likely N-dealkylation sites (N-methyl/N-ethyl adjacent to an activating group) is 1. The highest BCUT2D eigenvalue weighted by atomic mass is 16.5. The monoisotopic (exact) mass is 581 g/mol. The molecule has 3 atom stereocenters. The third kappa shape index (κ3) is 6.06. The maximum Gasteiger partial charge on any atom is 0.255 e. The highest BCUT2D eigenvalue weighted by Gasteiger charge is 2.55. The lowest BCUT2D eigenvalue weighted by molar-refractivity contribution is -0.160. The Morgan fingerprint density at radius 1 is 0.976 bits per heavy atom. The molecule has 3 amide bonds. The van der Waals surface area contributed by atoms with Crippen LogP contribution in [0.25, 0.3) is 0 Å². The maximum absolute atomic E-state index is 13.9. The number of carbonyl (C=O) groups is 4. The molecule has 0 spiro atoms. The molecule has 0 aromatic heterocycles. The molecular weight excluding hydrogens is 534 g/mol. The molecule has 3 unspecified atom stereocenters. The fourth-order valence-electron chi connectivity index (χ4n) is 7.25. The number of nitrogens with one attached hydrogen (secondary N) is 1. The molecule has 3 saturated heterocycles. The molecule has 1 saturated carbocycles. The number of benzene rings is 1. The van der Waals surface area contributed by atoms with Crippen molar-refractivity contribution in [2.75, 3.05) is 58.3 Å². The van der Waals surface area contributed by atoms with E-state index < -0.39 is 17.7 Å². The number of likely N-dealkylation sites (tertiary alicyclic amines) is 2. The van der Waals surface area contributed by atoms with Crippen LogP contribution in [0.2, 0.25) is 0 Å². The van der Waals surface area contributed by atoms with Gasteiger partial charge in [0, 0.05) is 51.1 Å². The van der Waals surface area contributed by atoms with Crippen LogP contribution >= 0.6 is 0 Å². The quantitative estimate of drug-likeness (QED) is 0.503. The number of fused-ring (bicyclic) bond motifs is 1. The van der Waals surface area contributed by atoms with Crippen molar-refractivity contribution in [2.45, 2.75) is 82.5 Å². The van der Waals surface area contributed by atoms with E-state index in [0.29, 0.717) is 37.8 Å². The first kappa shape index (κ1) is 30.5. The van der Waals surface area contributed by atoms with Gasteiger partial charge in [0.15, 0.2) is 5.78 Å². The molecule has 1 aliphatic carbocycles. The molecule has 1 aromatic carbocycles. The zero-order valence-electron chi connectivity index (χ0n) is 25.6. The molecule has 0 radical (unpaired) electrons. The molecule has 5 rings (SSSR count). The minimum atomic E-state index is -0.876. The van der Waals surface area contributed by atoms with Crippen LogP contribution < -0.4 is 10.2 Å². The van der Waals surface area contributed by atoms with E-state index in [9.17, 15) is 19.2 Å². The molecule has 4 fully saturated rings. The number of ether oxygens (including phenoxy) is 1. The van der Waals surface area contributed by atoms with Gasteiger partial charge in [-0.25, -0.2) is 0 Å². The Balaban J connectivity index is 1.27. The molecule has 10 nitrogen and oxygen atoms in total. The third-order valence-electron chi connectivity index (χ3n) is 9.72. The van der Waals surface area contributed by atoms with Gasteiger partial charge in [0.1, 0.15) is 17.7 Å². The molecule has 4 aliphatic rings. The number of ketones is 1. The van der Waals surface area contributed by atoms with Crippen LogP contribution in [0.1, 0.15) is 69.2 Å². The second-order valence-electron chi connectivity index (χ2n) is 13.0. The number of hydrogen-bond donors (Lipinski definition) is 1. The fraction of sp³-hybridized carbons (Fsp3) is 0.688. The number of rotatable bonds is 8. The normalized spacial score (nSPS) is 25.1. The highest BCUT2D eigenvalue weighted by Crippen LogP contribution is 2.38. The summed E-state index contributed by atoms with van der Waals surface area (Å²) >= 11 is 0. The van der Waals surface area contributed by atoms with Crippen molar-refractivity contribution < 1.29 is 23.9 Å². The van der Waals surface area contributed by atoms with E-state index in [4.69, 9.17) is 4.74 Å². The van der Waals surface area contributed by atoms with Crippen LogP contribution in [0.4, 0.5) is 5.69 Å². The average Bonchev–Trinajstić information content (AvgIpc) is 3.58. The van der Waals surface area contributed by atoms with E-state index in [1.807, 2.05) is 38.1 Å². The van der Waals surface area contributed by atoms with E-state index in [2.05, 4.69) is 22.2 Å². The summed E-state index contributed by atoms with van der Waals surface area (Å²) in [4.78, 5) is 62.2. The fourth-order valence-corrected chi connectivity index (χ4v) is 7.25. The molecule has 0 bridgehead atoms. The van der Waals surface area contributed by atoms with Crippen molar-refractivity contribution in [3.8, 4) is 0 Å². The molecule has 3 heterocycles. The zero-order valence-corrected chi connectivity index (χ0v) is 25.6. The lowest BCUT2D eigenvalue weighted by atomic mass is 9.83. The summed E-state index contributed by atoms with van der Waals surface area (Å²) in [5.74, 6) is -0.631. The molecular formula is C32H47N5O5.